The predicted molar refractivity (Wildman–Crippen MR) is 234 cm³/mol. The highest BCUT2D eigenvalue weighted by atomic mass is 19.1. The number of ether oxygens (including phenoxy) is 1. The number of aryl methyl sites for hydroxylation is 2. The second-order valence-corrected chi connectivity index (χ2v) is 14.8. The number of rotatable bonds is 9. The molecule has 0 unspecified atom stereocenters. The summed E-state index contributed by atoms with van der Waals surface area (Å²) in [6, 6.07) is 25.2. The number of nitrogens with two attached hydrogens (primary N) is 2. The third kappa shape index (κ3) is 6.58. The molecule has 0 saturated heterocycles. The van der Waals surface area contributed by atoms with Gasteiger partial charge >= 0.3 is 5.97 Å². The molecule has 10 rings (SSSR count). The number of fused-ring (bicyclic) bond motifs is 4. The Morgan fingerprint density at radius 3 is 2.16 bits per heavy atom. The highest BCUT2D eigenvalue weighted by Crippen LogP contribution is 2.39. The van der Waals surface area contributed by atoms with E-state index in [9.17, 15) is 18.4 Å². The number of benzene rings is 4. The van der Waals surface area contributed by atoms with E-state index < -0.39 is 23.5 Å². The smallest absolute Gasteiger partial charge is 0.358 e. The molecular weight excluding hydrogens is 807 g/mol. The first-order chi connectivity index (χ1) is 30.4. The van der Waals surface area contributed by atoms with Crippen LogP contribution in [0.2, 0.25) is 0 Å². The Labute approximate surface area is 355 Å². The van der Waals surface area contributed by atoms with Crippen molar-refractivity contribution in [1.29, 1.82) is 0 Å². The molecule has 17 heteroatoms. The summed E-state index contributed by atoms with van der Waals surface area (Å²) in [5.74, 6) is -1.67. The zero-order valence-corrected chi connectivity index (χ0v) is 33.8. The van der Waals surface area contributed by atoms with E-state index in [2.05, 4.69) is 20.3 Å². The minimum atomic E-state index is -0.760. The van der Waals surface area contributed by atoms with Crippen LogP contribution in [0.25, 0.3) is 78.3 Å². The number of anilines is 3. The van der Waals surface area contributed by atoms with Crippen LogP contribution in [0, 0.1) is 18.6 Å². The van der Waals surface area contributed by atoms with Gasteiger partial charge in [0.25, 0.3) is 5.91 Å². The fourth-order valence-electron chi connectivity index (χ4n) is 7.80. The average molecular weight is 841 g/mol. The molecule has 0 aliphatic rings. The largest absolute Gasteiger partial charge is 0.461 e. The van der Waals surface area contributed by atoms with Crippen LogP contribution in [0.15, 0.2) is 110 Å². The van der Waals surface area contributed by atoms with Crippen LogP contribution in [0.4, 0.5) is 26.4 Å². The molecule has 0 atom stereocenters. The first kappa shape index (κ1) is 38.6. The molecule has 4 aromatic carbocycles. The van der Waals surface area contributed by atoms with Crippen LogP contribution >= 0.6 is 0 Å². The lowest BCUT2D eigenvalue weighted by Gasteiger charge is -2.16. The molecule has 0 radical (unpaired) electrons. The summed E-state index contributed by atoms with van der Waals surface area (Å²) < 4.78 is 39.6. The Kier molecular flexibility index (Phi) is 9.09. The lowest BCUT2D eigenvalue weighted by molar-refractivity contribution is 0.0520. The van der Waals surface area contributed by atoms with Crippen LogP contribution in [0.3, 0.4) is 0 Å². The van der Waals surface area contributed by atoms with Gasteiger partial charge < -0.3 is 26.1 Å². The standard InChI is InChI=1S/C46H34F2N12O3/c1-4-63-45(62)34-22-60-38(26-10-14-31-30(19-26)23(2)16-17-51-31)36(24-8-12-28(47)13-9-24)56-42(44(60)53-34)57-46-54-32-15-11-27(20-35(32)58(46)3)39-37(25-6-5-7-29(48)18-25)55-40(49)43-52-33(41(50)61)21-59(39)43/h5-22H,4H2,1-3H3,(H2,49,55)(H2,50,61)(H,54,56,57). The van der Waals surface area contributed by atoms with Crippen molar-refractivity contribution in [2.24, 2.45) is 12.8 Å². The number of primary amides is 1. The van der Waals surface area contributed by atoms with Gasteiger partial charge in [-0.25, -0.2) is 38.5 Å². The topological polar surface area (TPSA) is 199 Å². The number of nitrogens with zero attached hydrogens (tertiary/aromatic N) is 9. The fourth-order valence-corrected chi connectivity index (χ4v) is 7.80. The van der Waals surface area contributed by atoms with E-state index in [4.69, 9.17) is 31.2 Å². The summed E-state index contributed by atoms with van der Waals surface area (Å²) in [5, 5.41) is 4.28. The molecule has 63 heavy (non-hydrogen) atoms. The number of imidazole rings is 3. The normalized spacial score (nSPS) is 11.6. The second kappa shape index (κ2) is 14.8. The van der Waals surface area contributed by atoms with Gasteiger partial charge in [-0.05, 0) is 86.1 Å². The zero-order valence-electron chi connectivity index (χ0n) is 33.8. The first-order valence-corrected chi connectivity index (χ1v) is 19.7. The van der Waals surface area contributed by atoms with Crippen molar-refractivity contribution in [3.63, 3.8) is 0 Å². The van der Waals surface area contributed by atoms with Crippen molar-refractivity contribution in [3.8, 4) is 45.0 Å². The van der Waals surface area contributed by atoms with E-state index >= 15 is 0 Å². The molecular formula is C46H34F2N12O3. The molecule has 0 saturated carbocycles. The molecule has 15 nitrogen and oxygen atoms in total. The van der Waals surface area contributed by atoms with Gasteiger partial charge in [0.2, 0.25) is 5.95 Å². The Balaban J connectivity index is 1.17. The molecule has 5 N–H and O–H groups in total. The molecule has 6 heterocycles. The van der Waals surface area contributed by atoms with E-state index in [1.807, 2.05) is 54.9 Å². The quantitative estimate of drug-likeness (QED) is 0.119. The maximum Gasteiger partial charge on any atom is 0.358 e. The molecule has 0 aliphatic heterocycles. The Hall–Kier alpha value is -8.60. The van der Waals surface area contributed by atoms with Gasteiger partial charge in [0.05, 0.1) is 45.9 Å². The molecule has 0 aliphatic carbocycles. The van der Waals surface area contributed by atoms with Crippen LogP contribution in [0.5, 0.6) is 0 Å². The minimum Gasteiger partial charge on any atom is -0.461 e. The van der Waals surface area contributed by atoms with Crippen molar-refractivity contribution in [3.05, 3.63) is 138 Å². The molecule has 1 amide bonds. The van der Waals surface area contributed by atoms with E-state index in [1.165, 1.54) is 30.5 Å². The molecule has 310 valence electrons. The monoisotopic (exact) mass is 840 g/mol. The van der Waals surface area contributed by atoms with Crippen LogP contribution in [-0.2, 0) is 11.8 Å². The third-order valence-electron chi connectivity index (χ3n) is 10.8. The highest BCUT2D eigenvalue weighted by molar-refractivity contribution is 5.96. The SMILES string of the molecule is CCOC(=O)c1cn2c(-c3ccc4nccc(C)c4c3)c(-c3ccc(F)cc3)nc(Nc3nc4ccc(-c5c(-c6cccc(F)c6)nc(N)c6nc(C(N)=O)cn56)cc4n3C)c2n1. The number of carbonyl (C=O) groups excluding carboxylic acids is 2. The summed E-state index contributed by atoms with van der Waals surface area (Å²) in [4.78, 5) is 53.9. The van der Waals surface area contributed by atoms with Gasteiger partial charge in [0, 0.05) is 53.3 Å². The number of hydrogen-bond acceptors (Lipinski definition) is 11. The minimum absolute atomic E-state index is 0.0151. The number of nitrogens with one attached hydrogen (secondary N) is 1. The number of carbonyl (C=O) groups is 2. The van der Waals surface area contributed by atoms with Crippen molar-refractivity contribution in [1.82, 2.24) is 43.3 Å². The van der Waals surface area contributed by atoms with Gasteiger partial charge in [0.1, 0.15) is 17.3 Å². The van der Waals surface area contributed by atoms with Gasteiger partial charge in [0.15, 0.2) is 28.6 Å². The Morgan fingerprint density at radius 1 is 0.730 bits per heavy atom. The fraction of sp³-hybridized carbons (Fsp3) is 0.0870. The zero-order chi connectivity index (χ0) is 43.7. The van der Waals surface area contributed by atoms with Crippen molar-refractivity contribution < 1.29 is 23.1 Å². The van der Waals surface area contributed by atoms with E-state index in [0.29, 0.717) is 56.4 Å². The van der Waals surface area contributed by atoms with Gasteiger partial charge in [-0.15, -0.1) is 0 Å². The van der Waals surface area contributed by atoms with Crippen molar-refractivity contribution >= 4 is 62.7 Å². The lowest BCUT2D eigenvalue weighted by Crippen LogP contribution is -2.10. The van der Waals surface area contributed by atoms with Crippen molar-refractivity contribution in [2.75, 3.05) is 17.7 Å². The molecule has 10 aromatic rings. The average Bonchev–Trinajstić information content (AvgIpc) is 4.01. The number of amides is 1. The highest BCUT2D eigenvalue weighted by Gasteiger charge is 2.25. The summed E-state index contributed by atoms with van der Waals surface area (Å²) in [5.41, 5.74) is 19.8. The Morgan fingerprint density at radius 2 is 1.41 bits per heavy atom. The predicted octanol–water partition coefficient (Wildman–Crippen LogP) is 8.06. The van der Waals surface area contributed by atoms with Gasteiger partial charge in [-0.3, -0.25) is 18.6 Å². The van der Waals surface area contributed by atoms with E-state index in [-0.39, 0.29) is 40.9 Å². The number of hydrogen-bond donors (Lipinski definition) is 3. The van der Waals surface area contributed by atoms with Crippen molar-refractivity contribution in [2.45, 2.75) is 13.8 Å². The third-order valence-corrected chi connectivity index (χ3v) is 10.8. The maximum atomic E-state index is 14.6. The summed E-state index contributed by atoms with van der Waals surface area (Å²) in [6.07, 6.45) is 4.82. The molecule has 0 fully saturated rings. The van der Waals surface area contributed by atoms with E-state index in [1.54, 1.807) is 58.5 Å². The number of nitrogen functional groups attached to an aromatic ring is 1. The first-order valence-electron chi connectivity index (χ1n) is 19.7. The molecule has 0 bridgehead atoms. The van der Waals surface area contributed by atoms with Crippen LogP contribution in [0.1, 0.15) is 33.5 Å². The Bertz CT molecular complexity index is 3520. The molecule has 0 spiro atoms. The summed E-state index contributed by atoms with van der Waals surface area (Å²) in [7, 11) is 1.81. The van der Waals surface area contributed by atoms with E-state index in [0.717, 1.165) is 22.0 Å². The summed E-state index contributed by atoms with van der Waals surface area (Å²) >= 11 is 0. The van der Waals surface area contributed by atoms with Crippen LogP contribution in [-0.4, -0.2) is 61.8 Å². The number of halogens is 2. The maximum absolute atomic E-state index is 14.6. The number of esters is 1. The number of pyridine rings is 1. The lowest BCUT2D eigenvalue weighted by atomic mass is 10.0. The summed E-state index contributed by atoms with van der Waals surface area (Å²) in [6.45, 7) is 3.85. The van der Waals surface area contributed by atoms with Gasteiger partial charge in [-0.1, -0.05) is 24.3 Å². The van der Waals surface area contributed by atoms with Gasteiger partial charge in [-0.2, -0.15) is 0 Å². The molecule has 6 aromatic heterocycles. The van der Waals surface area contributed by atoms with Crippen LogP contribution < -0.4 is 16.8 Å². The number of aromatic nitrogens is 9. The second-order valence-electron chi connectivity index (χ2n) is 14.8.